The molecule has 1 N–H and O–H groups in total. The van der Waals surface area contributed by atoms with Gasteiger partial charge in [0.2, 0.25) is 0 Å². The van der Waals surface area contributed by atoms with Gasteiger partial charge in [0.1, 0.15) is 5.82 Å². The Morgan fingerprint density at radius 2 is 2.25 bits per heavy atom. The monoisotopic (exact) mass is 258 g/mol. The minimum absolute atomic E-state index is 0.574. The molecule has 0 aromatic carbocycles. The summed E-state index contributed by atoms with van der Waals surface area (Å²) in [4.78, 5) is 4.18. The van der Waals surface area contributed by atoms with Gasteiger partial charge in [-0.2, -0.15) is 0 Å². The third-order valence-corrected chi connectivity index (χ3v) is 3.66. The first-order valence-electron chi connectivity index (χ1n) is 5.70. The van der Waals surface area contributed by atoms with Gasteiger partial charge >= 0.3 is 0 Å². The van der Waals surface area contributed by atoms with Gasteiger partial charge in [0, 0.05) is 12.7 Å². The summed E-state index contributed by atoms with van der Waals surface area (Å²) >= 11 is 11.8. The van der Waals surface area contributed by atoms with Crippen molar-refractivity contribution in [3.8, 4) is 0 Å². The minimum atomic E-state index is 0.574. The van der Waals surface area contributed by atoms with Crippen LogP contribution in [0.2, 0.25) is 10.0 Å². The van der Waals surface area contributed by atoms with Gasteiger partial charge in [-0.3, -0.25) is 0 Å². The Morgan fingerprint density at radius 3 is 2.88 bits per heavy atom. The second-order valence-corrected chi connectivity index (χ2v) is 5.49. The lowest BCUT2D eigenvalue weighted by Crippen LogP contribution is -2.12. The van der Waals surface area contributed by atoms with Crippen LogP contribution in [0.15, 0.2) is 12.3 Å². The van der Waals surface area contributed by atoms with Crippen LogP contribution in [0, 0.1) is 11.8 Å². The van der Waals surface area contributed by atoms with Crippen molar-refractivity contribution in [2.45, 2.75) is 26.2 Å². The van der Waals surface area contributed by atoms with Gasteiger partial charge in [0.25, 0.3) is 0 Å². The zero-order chi connectivity index (χ0) is 11.5. The number of hydrogen-bond acceptors (Lipinski definition) is 2. The number of nitrogens with one attached hydrogen (secondary N) is 1. The van der Waals surface area contributed by atoms with E-state index >= 15 is 0 Å². The molecule has 0 radical (unpaired) electrons. The van der Waals surface area contributed by atoms with Gasteiger partial charge in [-0.25, -0.2) is 4.98 Å². The van der Waals surface area contributed by atoms with E-state index in [4.69, 9.17) is 23.2 Å². The molecule has 2 atom stereocenters. The normalized spacial score (nSPS) is 24.7. The second-order valence-electron chi connectivity index (χ2n) is 4.65. The molecule has 1 aliphatic carbocycles. The molecule has 1 heterocycles. The van der Waals surface area contributed by atoms with Gasteiger partial charge in [-0.05, 0) is 30.7 Å². The summed E-state index contributed by atoms with van der Waals surface area (Å²) in [5.41, 5.74) is 0. The molecule has 1 fully saturated rings. The van der Waals surface area contributed by atoms with E-state index in [2.05, 4.69) is 17.2 Å². The maximum Gasteiger partial charge on any atom is 0.144 e. The van der Waals surface area contributed by atoms with Crippen molar-refractivity contribution in [2.75, 3.05) is 11.9 Å². The molecule has 0 saturated heterocycles. The van der Waals surface area contributed by atoms with E-state index in [9.17, 15) is 0 Å². The fraction of sp³-hybridized carbons (Fsp3) is 0.583. The summed E-state index contributed by atoms with van der Waals surface area (Å²) < 4.78 is 0. The summed E-state index contributed by atoms with van der Waals surface area (Å²) in [7, 11) is 0. The van der Waals surface area contributed by atoms with Crippen molar-refractivity contribution in [1.82, 2.24) is 4.98 Å². The lowest BCUT2D eigenvalue weighted by atomic mass is 10.1. The number of pyridine rings is 1. The minimum Gasteiger partial charge on any atom is -0.369 e. The molecule has 2 rings (SSSR count). The van der Waals surface area contributed by atoms with Crippen molar-refractivity contribution in [2.24, 2.45) is 11.8 Å². The number of halogens is 2. The zero-order valence-corrected chi connectivity index (χ0v) is 10.9. The van der Waals surface area contributed by atoms with Crippen LogP contribution in [-0.2, 0) is 0 Å². The highest BCUT2D eigenvalue weighted by atomic mass is 35.5. The van der Waals surface area contributed by atoms with E-state index in [1.807, 2.05) is 0 Å². The smallest absolute Gasteiger partial charge is 0.144 e. The molecule has 2 unspecified atom stereocenters. The first kappa shape index (κ1) is 12.0. The van der Waals surface area contributed by atoms with Crippen LogP contribution in [0.1, 0.15) is 26.2 Å². The predicted octanol–water partition coefficient (Wildman–Crippen LogP) is 4.24. The van der Waals surface area contributed by atoms with E-state index in [-0.39, 0.29) is 0 Å². The highest BCUT2D eigenvalue weighted by Crippen LogP contribution is 2.31. The average molecular weight is 259 g/mol. The van der Waals surface area contributed by atoms with Crippen molar-refractivity contribution >= 4 is 29.0 Å². The summed E-state index contributed by atoms with van der Waals surface area (Å²) in [6.07, 6.45) is 5.57. The molecule has 0 amide bonds. The van der Waals surface area contributed by atoms with Crippen molar-refractivity contribution in [3.63, 3.8) is 0 Å². The Balaban J connectivity index is 1.89. The number of rotatable bonds is 3. The standard InChI is InChI=1S/C12H16Cl2N2/c1-8-2-3-9(4-8)6-15-12-11(14)5-10(13)7-16-12/h5,7-9H,2-4,6H2,1H3,(H,15,16). The van der Waals surface area contributed by atoms with Gasteiger partial charge in [0.15, 0.2) is 0 Å². The first-order chi connectivity index (χ1) is 7.65. The Kier molecular flexibility index (Phi) is 3.93. The third kappa shape index (κ3) is 3.02. The molecular weight excluding hydrogens is 243 g/mol. The van der Waals surface area contributed by atoms with Crippen LogP contribution in [0.5, 0.6) is 0 Å². The molecule has 2 nitrogen and oxygen atoms in total. The van der Waals surface area contributed by atoms with Crippen LogP contribution >= 0.6 is 23.2 Å². The van der Waals surface area contributed by atoms with Crippen LogP contribution in [0.25, 0.3) is 0 Å². The SMILES string of the molecule is CC1CCC(CNc2ncc(Cl)cc2Cl)C1. The topological polar surface area (TPSA) is 24.9 Å². The fourth-order valence-electron chi connectivity index (χ4n) is 2.30. The predicted molar refractivity (Wildman–Crippen MR) is 69.3 cm³/mol. The van der Waals surface area contributed by atoms with Crippen LogP contribution in [0.3, 0.4) is 0 Å². The molecule has 1 aliphatic rings. The van der Waals surface area contributed by atoms with E-state index in [1.165, 1.54) is 19.3 Å². The number of nitrogens with zero attached hydrogens (tertiary/aromatic N) is 1. The van der Waals surface area contributed by atoms with E-state index in [1.54, 1.807) is 12.3 Å². The van der Waals surface area contributed by atoms with Crippen molar-refractivity contribution < 1.29 is 0 Å². The summed E-state index contributed by atoms with van der Waals surface area (Å²) in [6, 6.07) is 1.72. The summed E-state index contributed by atoms with van der Waals surface area (Å²) in [6.45, 7) is 3.27. The van der Waals surface area contributed by atoms with Crippen LogP contribution in [-0.4, -0.2) is 11.5 Å². The molecule has 1 saturated carbocycles. The highest BCUT2D eigenvalue weighted by Gasteiger charge is 2.21. The molecule has 0 aliphatic heterocycles. The molecule has 4 heteroatoms. The van der Waals surface area contributed by atoms with Crippen LogP contribution in [0.4, 0.5) is 5.82 Å². The maximum absolute atomic E-state index is 6.03. The number of hydrogen-bond donors (Lipinski definition) is 1. The molecular formula is C12H16Cl2N2. The largest absolute Gasteiger partial charge is 0.369 e. The van der Waals surface area contributed by atoms with Gasteiger partial charge in [0.05, 0.1) is 10.0 Å². The Morgan fingerprint density at radius 1 is 1.44 bits per heavy atom. The maximum atomic E-state index is 6.03. The lowest BCUT2D eigenvalue weighted by Gasteiger charge is -2.12. The lowest BCUT2D eigenvalue weighted by molar-refractivity contribution is 0.536. The van der Waals surface area contributed by atoms with E-state index in [0.717, 1.165) is 24.2 Å². The quantitative estimate of drug-likeness (QED) is 0.878. The first-order valence-corrected chi connectivity index (χ1v) is 6.45. The Hall–Kier alpha value is -0.470. The van der Waals surface area contributed by atoms with E-state index in [0.29, 0.717) is 10.0 Å². The molecule has 0 spiro atoms. The van der Waals surface area contributed by atoms with Gasteiger partial charge < -0.3 is 5.32 Å². The second kappa shape index (κ2) is 5.24. The van der Waals surface area contributed by atoms with Crippen molar-refractivity contribution in [1.29, 1.82) is 0 Å². The Labute approximate surface area is 106 Å². The van der Waals surface area contributed by atoms with Gasteiger partial charge in [-0.15, -0.1) is 0 Å². The highest BCUT2D eigenvalue weighted by molar-refractivity contribution is 6.35. The summed E-state index contributed by atoms with van der Waals surface area (Å²) in [5.74, 6) is 2.36. The van der Waals surface area contributed by atoms with Crippen LogP contribution < -0.4 is 5.32 Å². The third-order valence-electron chi connectivity index (χ3n) is 3.17. The number of aromatic nitrogens is 1. The zero-order valence-electron chi connectivity index (χ0n) is 9.34. The van der Waals surface area contributed by atoms with Crippen molar-refractivity contribution in [3.05, 3.63) is 22.3 Å². The average Bonchev–Trinajstić information content (AvgIpc) is 2.63. The molecule has 0 bridgehead atoms. The number of anilines is 1. The molecule has 1 aromatic heterocycles. The fourth-order valence-corrected chi connectivity index (χ4v) is 2.74. The summed E-state index contributed by atoms with van der Waals surface area (Å²) in [5, 5.41) is 4.47. The van der Waals surface area contributed by atoms with Gasteiger partial charge in [-0.1, -0.05) is 36.5 Å². The Bertz CT molecular complexity index is 368. The molecule has 1 aromatic rings. The molecule has 88 valence electrons. The molecule has 16 heavy (non-hydrogen) atoms. The van der Waals surface area contributed by atoms with E-state index < -0.39 is 0 Å².